The zero-order chi connectivity index (χ0) is 13.9. The van der Waals surface area contributed by atoms with Crippen LogP contribution in [-0.2, 0) is 6.54 Å². The minimum absolute atomic E-state index is 0.900. The number of hydrogen-bond acceptors (Lipinski definition) is 2. The quantitative estimate of drug-likeness (QED) is 0.669. The third kappa shape index (κ3) is 3.00. The second kappa shape index (κ2) is 6.17. The Labute approximate surface area is 126 Å². The van der Waals surface area contributed by atoms with Crippen LogP contribution in [0.25, 0.3) is 0 Å². The molecular formula is C16H25N3S. The number of hydrogen-bond donors (Lipinski definition) is 1. The van der Waals surface area contributed by atoms with E-state index in [1.54, 1.807) is 0 Å². The highest BCUT2D eigenvalue weighted by molar-refractivity contribution is 7.11. The zero-order valence-corrected chi connectivity index (χ0v) is 13.4. The smallest absolute Gasteiger partial charge is 0.193 e. The van der Waals surface area contributed by atoms with E-state index in [4.69, 9.17) is 0 Å². The van der Waals surface area contributed by atoms with Crippen molar-refractivity contribution in [1.29, 1.82) is 0 Å². The summed E-state index contributed by atoms with van der Waals surface area (Å²) in [6.45, 7) is 5.47. The van der Waals surface area contributed by atoms with Crippen molar-refractivity contribution in [3.8, 4) is 0 Å². The summed E-state index contributed by atoms with van der Waals surface area (Å²) >= 11 is 1.87. The average Bonchev–Trinajstić information content (AvgIpc) is 3.05. The Bertz CT molecular complexity index is 466. The summed E-state index contributed by atoms with van der Waals surface area (Å²) in [4.78, 5) is 9.73. The Hall–Kier alpha value is -1.03. The van der Waals surface area contributed by atoms with Gasteiger partial charge in [0.05, 0.1) is 6.54 Å². The molecule has 1 aliphatic heterocycles. The number of likely N-dealkylation sites (tertiary alicyclic amines) is 1. The summed E-state index contributed by atoms with van der Waals surface area (Å²) in [6, 6.07) is 4.40. The molecule has 2 heterocycles. The van der Waals surface area contributed by atoms with E-state index in [2.05, 4.69) is 34.3 Å². The summed E-state index contributed by atoms with van der Waals surface area (Å²) in [6.07, 6.45) is 5.69. The summed E-state index contributed by atoms with van der Waals surface area (Å²) < 4.78 is 0. The second-order valence-corrected chi connectivity index (χ2v) is 7.50. The molecule has 2 aliphatic rings. The van der Waals surface area contributed by atoms with Gasteiger partial charge in [0, 0.05) is 29.9 Å². The highest BCUT2D eigenvalue weighted by atomic mass is 32.1. The molecule has 3 rings (SSSR count). The molecule has 0 amide bonds. The molecule has 0 bridgehead atoms. The lowest BCUT2D eigenvalue weighted by Crippen LogP contribution is -2.39. The van der Waals surface area contributed by atoms with Crippen LogP contribution in [0, 0.1) is 18.8 Å². The van der Waals surface area contributed by atoms with E-state index in [1.807, 2.05) is 18.4 Å². The van der Waals surface area contributed by atoms with Crippen LogP contribution in [0.2, 0.25) is 0 Å². The van der Waals surface area contributed by atoms with E-state index >= 15 is 0 Å². The fourth-order valence-electron chi connectivity index (χ4n) is 3.66. The lowest BCUT2D eigenvalue weighted by atomic mass is 9.82. The molecule has 1 saturated carbocycles. The Morgan fingerprint density at radius 3 is 2.55 bits per heavy atom. The minimum Gasteiger partial charge on any atom is -0.351 e. The van der Waals surface area contributed by atoms with Crippen molar-refractivity contribution in [1.82, 2.24) is 10.2 Å². The zero-order valence-electron chi connectivity index (χ0n) is 12.6. The van der Waals surface area contributed by atoms with Gasteiger partial charge in [0.2, 0.25) is 0 Å². The molecule has 4 heteroatoms. The number of nitrogens with zero attached hydrogens (tertiary/aromatic N) is 2. The summed E-state index contributed by atoms with van der Waals surface area (Å²) in [5.74, 6) is 2.91. The Morgan fingerprint density at radius 2 is 2.00 bits per heavy atom. The summed E-state index contributed by atoms with van der Waals surface area (Å²) in [5, 5.41) is 3.54. The summed E-state index contributed by atoms with van der Waals surface area (Å²) in [7, 11) is 1.91. The fraction of sp³-hybridized carbons (Fsp3) is 0.688. The van der Waals surface area contributed by atoms with Gasteiger partial charge >= 0.3 is 0 Å². The molecule has 0 spiro atoms. The molecule has 0 radical (unpaired) electrons. The topological polar surface area (TPSA) is 27.6 Å². The number of thiophene rings is 1. The van der Waals surface area contributed by atoms with Gasteiger partial charge in [0.25, 0.3) is 0 Å². The number of aliphatic imine (C=N–C) groups is 1. The normalized spacial score (nSPS) is 26.7. The van der Waals surface area contributed by atoms with Gasteiger partial charge < -0.3 is 10.2 Å². The van der Waals surface area contributed by atoms with Crippen molar-refractivity contribution in [3.05, 3.63) is 21.9 Å². The van der Waals surface area contributed by atoms with Gasteiger partial charge in [0.15, 0.2) is 5.96 Å². The van der Waals surface area contributed by atoms with Crippen molar-refractivity contribution in [3.63, 3.8) is 0 Å². The van der Waals surface area contributed by atoms with Gasteiger partial charge in [-0.05, 0) is 43.7 Å². The first-order valence-corrected chi connectivity index (χ1v) is 8.59. The molecular weight excluding hydrogens is 266 g/mol. The van der Waals surface area contributed by atoms with Crippen LogP contribution in [0.4, 0.5) is 0 Å². The van der Waals surface area contributed by atoms with E-state index in [1.165, 1.54) is 48.5 Å². The molecule has 2 atom stereocenters. The third-order valence-corrected chi connectivity index (χ3v) is 5.71. The minimum atomic E-state index is 0.900. The monoisotopic (exact) mass is 291 g/mol. The van der Waals surface area contributed by atoms with Crippen LogP contribution in [0.5, 0.6) is 0 Å². The van der Waals surface area contributed by atoms with E-state index < -0.39 is 0 Å². The standard InChI is InChI=1S/C16H25N3S/c1-12-7-8-15(20-12)9-18-16(17-2)19-10-13-5-3-4-6-14(13)11-19/h7-8,13-14H,3-6,9-11H2,1-2H3,(H,17,18). The van der Waals surface area contributed by atoms with Crippen LogP contribution in [-0.4, -0.2) is 31.0 Å². The SMILES string of the molecule is CN=C(NCc1ccc(C)s1)N1CC2CCCCC2C1. The predicted octanol–water partition coefficient (Wildman–Crippen LogP) is 3.25. The first-order valence-electron chi connectivity index (χ1n) is 7.77. The molecule has 3 nitrogen and oxygen atoms in total. The second-order valence-electron chi connectivity index (χ2n) is 6.12. The van der Waals surface area contributed by atoms with E-state index in [0.717, 1.165) is 24.3 Å². The highest BCUT2D eigenvalue weighted by Crippen LogP contribution is 2.35. The summed E-state index contributed by atoms with van der Waals surface area (Å²) in [5.41, 5.74) is 0. The molecule has 0 aromatic carbocycles. The molecule has 110 valence electrons. The molecule has 1 N–H and O–H groups in total. The van der Waals surface area contributed by atoms with E-state index in [9.17, 15) is 0 Å². The largest absolute Gasteiger partial charge is 0.351 e. The van der Waals surface area contributed by atoms with Gasteiger partial charge in [-0.3, -0.25) is 4.99 Å². The van der Waals surface area contributed by atoms with Gasteiger partial charge in [-0.15, -0.1) is 11.3 Å². The molecule has 1 aromatic heterocycles. The Kier molecular flexibility index (Phi) is 4.29. The van der Waals surface area contributed by atoms with E-state index in [0.29, 0.717) is 0 Å². The number of guanidine groups is 1. The molecule has 2 unspecified atom stereocenters. The lowest BCUT2D eigenvalue weighted by molar-refractivity contribution is 0.299. The average molecular weight is 291 g/mol. The number of rotatable bonds is 2. The number of aryl methyl sites for hydroxylation is 1. The third-order valence-electron chi connectivity index (χ3n) is 4.70. The molecule has 2 fully saturated rings. The van der Waals surface area contributed by atoms with Crippen LogP contribution in [0.3, 0.4) is 0 Å². The predicted molar refractivity (Wildman–Crippen MR) is 86.3 cm³/mol. The van der Waals surface area contributed by atoms with E-state index in [-0.39, 0.29) is 0 Å². The number of fused-ring (bicyclic) bond motifs is 1. The van der Waals surface area contributed by atoms with Gasteiger partial charge in [-0.2, -0.15) is 0 Å². The first kappa shape index (κ1) is 13.9. The maximum Gasteiger partial charge on any atom is 0.193 e. The van der Waals surface area contributed by atoms with Gasteiger partial charge in [-0.1, -0.05) is 12.8 Å². The van der Waals surface area contributed by atoms with Crippen LogP contribution in [0.15, 0.2) is 17.1 Å². The maximum atomic E-state index is 4.49. The Balaban J connectivity index is 1.57. The van der Waals surface area contributed by atoms with Crippen molar-refractivity contribution in [2.45, 2.75) is 39.2 Å². The van der Waals surface area contributed by atoms with Crippen molar-refractivity contribution < 1.29 is 0 Å². The van der Waals surface area contributed by atoms with Crippen LogP contribution >= 0.6 is 11.3 Å². The maximum absolute atomic E-state index is 4.49. The lowest BCUT2D eigenvalue weighted by Gasteiger charge is -2.22. The van der Waals surface area contributed by atoms with Crippen molar-refractivity contribution >= 4 is 17.3 Å². The highest BCUT2D eigenvalue weighted by Gasteiger charge is 2.35. The molecule has 1 saturated heterocycles. The Morgan fingerprint density at radius 1 is 1.30 bits per heavy atom. The van der Waals surface area contributed by atoms with Gasteiger partial charge in [-0.25, -0.2) is 0 Å². The molecule has 1 aromatic rings. The number of nitrogens with one attached hydrogen (secondary N) is 1. The first-order chi connectivity index (χ1) is 9.76. The van der Waals surface area contributed by atoms with Gasteiger partial charge in [0.1, 0.15) is 0 Å². The van der Waals surface area contributed by atoms with Crippen molar-refractivity contribution in [2.24, 2.45) is 16.8 Å². The van der Waals surface area contributed by atoms with Crippen LogP contribution in [0.1, 0.15) is 35.4 Å². The molecule has 1 aliphatic carbocycles. The fourth-order valence-corrected chi connectivity index (χ4v) is 4.49. The molecule has 20 heavy (non-hydrogen) atoms. The van der Waals surface area contributed by atoms with Crippen LogP contribution < -0.4 is 5.32 Å². The van der Waals surface area contributed by atoms with Crippen molar-refractivity contribution in [2.75, 3.05) is 20.1 Å².